The minimum Gasteiger partial charge on any atom is -0.444 e. The largest absolute Gasteiger partial charge is 0.444 e. The van der Waals surface area contributed by atoms with Crippen molar-refractivity contribution in [1.82, 2.24) is 5.32 Å². The van der Waals surface area contributed by atoms with E-state index >= 15 is 0 Å². The fourth-order valence-electron chi connectivity index (χ4n) is 4.31. The molecule has 0 aliphatic rings. The second kappa shape index (κ2) is 40.6. The average molecular weight is 726 g/mol. The summed E-state index contributed by atoms with van der Waals surface area (Å²) in [5.41, 5.74) is -0.509. The van der Waals surface area contributed by atoms with Gasteiger partial charge in [0.1, 0.15) is 5.60 Å². The van der Waals surface area contributed by atoms with Gasteiger partial charge in [-0.1, -0.05) is 64.7 Å². The predicted molar refractivity (Wildman–Crippen MR) is 194 cm³/mol. The number of unbranched alkanes of at least 4 members (excludes halogenated alkanes) is 9. The first-order valence-electron chi connectivity index (χ1n) is 19.2. The van der Waals surface area contributed by atoms with E-state index in [4.69, 9.17) is 52.1 Å². The molecule has 0 unspecified atom stereocenters. The molecule has 0 atom stereocenters. The third-order valence-corrected chi connectivity index (χ3v) is 6.90. The predicted octanol–water partition coefficient (Wildman–Crippen LogP) is 5.60. The fourth-order valence-corrected chi connectivity index (χ4v) is 4.31. The maximum atomic E-state index is 11.5. The number of nitrogens with one attached hydrogen (secondary N) is 1. The summed E-state index contributed by atoms with van der Waals surface area (Å²) in [6.45, 7) is 18.7. The first kappa shape index (κ1) is 48.9. The van der Waals surface area contributed by atoms with Crippen molar-refractivity contribution in [2.75, 3.05) is 139 Å². The van der Waals surface area contributed by atoms with E-state index in [0.717, 1.165) is 13.0 Å². The molecule has 0 aromatic carbocycles. The first-order valence-corrected chi connectivity index (χ1v) is 19.2. The van der Waals surface area contributed by atoms with Crippen LogP contribution < -0.4 is 5.32 Å². The van der Waals surface area contributed by atoms with Gasteiger partial charge in [0.2, 0.25) is 0 Å². The minimum atomic E-state index is -0.509. The summed E-state index contributed by atoms with van der Waals surface area (Å²) in [5, 5.41) is 2.63. The highest BCUT2D eigenvalue weighted by Crippen LogP contribution is 2.10. The molecule has 300 valence electrons. The first-order chi connectivity index (χ1) is 24.5. The van der Waals surface area contributed by atoms with E-state index < -0.39 is 11.7 Å². The number of hydrogen-bond acceptors (Lipinski definition) is 12. The van der Waals surface area contributed by atoms with Gasteiger partial charge in [-0.3, -0.25) is 0 Å². The van der Waals surface area contributed by atoms with Crippen LogP contribution in [0, 0.1) is 0 Å². The Bertz CT molecular complexity index is 669. The Morgan fingerprint density at radius 3 is 0.940 bits per heavy atom. The monoisotopic (exact) mass is 726 g/mol. The molecule has 0 aliphatic heterocycles. The highest BCUT2D eigenvalue weighted by Gasteiger charge is 2.15. The van der Waals surface area contributed by atoms with Gasteiger partial charge in [0.25, 0.3) is 0 Å². The Hall–Kier alpha value is -1.13. The molecule has 50 heavy (non-hydrogen) atoms. The van der Waals surface area contributed by atoms with Crippen LogP contribution in [0.25, 0.3) is 0 Å². The van der Waals surface area contributed by atoms with Crippen LogP contribution in [-0.4, -0.2) is 150 Å². The topological polar surface area (TPSA) is 131 Å². The zero-order chi connectivity index (χ0) is 36.5. The van der Waals surface area contributed by atoms with Crippen molar-refractivity contribution < 1.29 is 56.9 Å². The molecule has 0 radical (unpaired) electrons. The Balaban J connectivity index is 3.09. The van der Waals surface area contributed by atoms with E-state index in [9.17, 15) is 4.79 Å². The lowest BCUT2D eigenvalue weighted by molar-refractivity contribution is -0.0264. The van der Waals surface area contributed by atoms with Crippen molar-refractivity contribution in [3.05, 3.63) is 0 Å². The number of carbonyl (C=O) groups is 1. The molecule has 0 aromatic rings. The van der Waals surface area contributed by atoms with Gasteiger partial charge in [-0.2, -0.15) is 0 Å². The van der Waals surface area contributed by atoms with Crippen LogP contribution in [0.4, 0.5) is 4.79 Å². The summed E-state index contributed by atoms with van der Waals surface area (Å²) in [7, 11) is 0. The van der Waals surface area contributed by atoms with Crippen LogP contribution in [0.2, 0.25) is 0 Å². The number of ether oxygens (including phenoxy) is 11. The van der Waals surface area contributed by atoms with E-state index in [2.05, 4.69) is 12.2 Å². The van der Waals surface area contributed by atoms with Gasteiger partial charge in [-0.25, -0.2) is 4.79 Å². The zero-order valence-corrected chi connectivity index (χ0v) is 32.3. The molecule has 0 heterocycles. The summed E-state index contributed by atoms with van der Waals surface area (Å²) in [6.07, 6.45) is 12.9. The smallest absolute Gasteiger partial charge is 0.407 e. The number of amides is 1. The molecule has 0 aliphatic carbocycles. The molecule has 0 fully saturated rings. The highest BCUT2D eigenvalue weighted by molar-refractivity contribution is 5.67. The maximum absolute atomic E-state index is 11.5. The SMILES string of the molecule is CCCCCCCCCCCCOCCOCCOCCOCCOCCOCCOCCOCCOCCOCCNC(=O)OC(C)(C)C. The molecule has 1 N–H and O–H groups in total. The van der Waals surface area contributed by atoms with Gasteiger partial charge in [0, 0.05) is 13.2 Å². The van der Waals surface area contributed by atoms with Gasteiger partial charge in [0.15, 0.2) is 0 Å². The average Bonchev–Trinajstić information content (AvgIpc) is 3.08. The molecular formula is C37H75NO12. The Kier molecular flexibility index (Phi) is 39.7. The van der Waals surface area contributed by atoms with E-state index in [0.29, 0.717) is 132 Å². The van der Waals surface area contributed by atoms with Crippen LogP contribution in [-0.2, 0) is 52.1 Å². The lowest BCUT2D eigenvalue weighted by Gasteiger charge is -2.19. The standard InChI is InChI=1S/C37H75NO12/c1-5-6-7-8-9-10-11-12-13-14-16-40-18-20-42-22-24-44-26-28-46-30-32-48-34-35-49-33-31-47-29-27-45-25-23-43-21-19-41-17-15-38-36(39)50-37(2,3)4/h5-35H2,1-4H3,(H,38,39). The number of alkyl carbamates (subject to hydrolysis) is 1. The minimum absolute atomic E-state index is 0.386. The van der Waals surface area contributed by atoms with Crippen LogP contribution in [0.3, 0.4) is 0 Å². The van der Waals surface area contributed by atoms with Crippen LogP contribution in [0.1, 0.15) is 91.9 Å². The zero-order valence-electron chi connectivity index (χ0n) is 32.3. The molecular weight excluding hydrogens is 650 g/mol. The molecule has 0 aromatic heterocycles. The molecule has 0 rings (SSSR count). The molecule has 0 bridgehead atoms. The van der Waals surface area contributed by atoms with Gasteiger partial charge in [-0.15, -0.1) is 0 Å². The highest BCUT2D eigenvalue weighted by atomic mass is 16.6. The second-order valence-corrected chi connectivity index (χ2v) is 12.7. The van der Waals surface area contributed by atoms with Gasteiger partial charge >= 0.3 is 6.09 Å². The van der Waals surface area contributed by atoms with E-state index in [-0.39, 0.29) is 0 Å². The second-order valence-electron chi connectivity index (χ2n) is 12.7. The van der Waals surface area contributed by atoms with Crippen molar-refractivity contribution >= 4 is 6.09 Å². The van der Waals surface area contributed by atoms with Gasteiger partial charge in [-0.05, 0) is 27.2 Å². The van der Waals surface area contributed by atoms with E-state index in [1.165, 1.54) is 57.8 Å². The summed E-state index contributed by atoms with van der Waals surface area (Å²) in [4.78, 5) is 11.5. The molecule has 13 nitrogen and oxygen atoms in total. The van der Waals surface area contributed by atoms with Crippen molar-refractivity contribution in [3.63, 3.8) is 0 Å². The van der Waals surface area contributed by atoms with Crippen molar-refractivity contribution in [2.24, 2.45) is 0 Å². The van der Waals surface area contributed by atoms with Crippen LogP contribution in [0.5, 0.6) is 0 Å². The van der Waals surface area contributed by atoms with Gasteiger partial charge in [0.05, 0.1) is 126 Å². The lowest BCUT2D eigenvalue weighted by atomic mass is 10.1. The molecule has 0 saturated carbocycles. The van der Waals surface area contributed by atoms with Crippen LogP contribution in [0.15, 0.2) is 0 Å². The normalized spacial score (nSPS) is 11.8. The van der Waals surface area contributed by atoms with E-state index in [1.54, 1.807) is 0 Å². The summed E-state index contributed by atoms with van der Waals surface area (Å²) in [6, 6.07) is 0. The number of hydrogen-bond donors (Lipinski definition) is 1. The Labute approximate surface area is 304 Å². The molecule has 0 spiro atoms. The van der Waals surface area contributed by atoms with Crippen molar-refractivity contribution in [3.8, 4) is 0 Å². The fraction of sp³-hybridized carbons (Fsp3) is 0.973. The summed E-state index contributed by atoms with van der Waals surface area (Å²) < 4.78 is 60.2. The molecule has 13 heteroatoms. The van der Waals surface area contributed by atoms with Crippen molar-refractivity contribution in [1.29, 1.82) is 0 Å². The van der Waals surface area contributed by atoms with Crippen molar-refractivity contribution in [2.45, 2.75) is 97.5 Å². The number of carbonyl (C=O) groups excluding carboxylic acids is 1. The Morgan fingerprint density at radius 1 is 0.380 bits per heavy atom. The summed E-state index contributed by atoms with van der Waals surface area (Å²) >= 11 is 0. The third kappa shape index (κ3) is 44.9. The molecule has 0 saturated heterocycles. The maximum Gasteiger partial charge on any atom is 0.407 e. The van der Waals surface area contributed by atoms with E-state index in [1.807, 2.05) is 20.8 Å². The number of rotatable bonds is 41. The quantitative estimate of drug-likeness (QED) is 0.0788. The lowest BCUT2D eigenvalue weighted by Crippen LogP contribution is -2.34. The van der Waals surface area contributed by atoms with Gasteiger partial charge < -0.3 is 57.4 Å². The Morgan fingerprint density at radius 2 is 0.640 bits per heavy atom. The van der Waals surface area contributed by atoms with Crippen LogP contribution >= 0.6 is 0 Å². The third-order valence-electron chi connectivity index (χ3n) is 6.90. The molecule has 1 amide bonds. The summed E-state index contributed by atoms with van der Waals surface area (Å²) in [5.74, 6) is 0.